The first-order valence-electron chi connectivity index (χ1n) is 8.21. The predicted octanol–water partition coefficient (Wildman–Crippen LogP) is 2.15. The molecule has 0 radical (unpaired) electrons. The normalized spacial score (nSPS) is 24.2. The number of ether oxygens (including phenoxy) is 1. The second-order valence-electron chi connectivity index (χ2n) is 6.52. The van der Waals surface area contributed by atoms with Crippen LogP contribution < -0.4 is 4.74 Å². The summed E-state index contributed by atoms with van der Waals surface area (Å²) in [7, 11) is 0. The number of aliphatic hydroxyl groups is 1. The Bertz CT molecular complexity index is 500. The fourth-order valence-corrected chi connectivity index (χ4v) is 3.44. The fourth-order valence-electron chi connectivity index (χ4n) is 3.44. The lowest BCUT2D eigenvalue weighted by atomic mass is 9.82. The summed E-state index contributed by atoms with van der Waals surface area (Å²) in [5.41, 5.74) is -0.780. The molecule has 1 N–H and O–H groups in total. The van der Waals surface area contributed by atoms with Crippen molar-refractivity contribution < 1.29 is 14.6 Å². The summed E-state index contributed by atoms with van der Waals surface area (Å²) in [6.07, 6.45) is 9.23. The van der Waals surface area contributed by atoms with Gasteiger partial charge in [-0.15, -0.1) is 0 Å². The Kier molecular flexibility index (Phi) is 4.62. The van der Waals surface area contributed by atoms with Crippen molar-refractivity contribution in [1.82, 2.24) is 9.88 Å². The average molecular weight is 304 g/mol. The van der Waals surface area contributed by atoms with E-state index in [1.54, 1.807) is 12.4 Å². The van der Waals surface area contributed by atoms with Gasteiger partial charge in [0.05, 0.1) is 24.8 Å². The summed E-state index contributed by atoms with van der Waals surface area (Å²) in [6.45, 7) is 1.31. The predicted molar refractivity (Wildman–Crippen MR) is 82.5 cm³/mol. The van der Waals surface area contributed by atoms with E-state index < -0.39 is 5.60 Å². The van der Waals surface area contributed by atoms with Crippen LogP contribution in [0.25, 0.3) is 0 Å². The number of carbonyl (C=O) groups excluding carboxylic acids is 1. The second kappa shape index (κ2) is 6.65. The van der Waals surface area contributed by atoms with Gasteiger partial charge in [0.25, 0.3) is 0 Å². The van der Waals surface area contributed by atoms with Gasteiger partial charge in [-0.2, -0.15) is 0 Å². The molecule has 0 aromatic carbocycles. The summed E-state index contributed by atoms with van der Waals surface area (Å²) in [6, 6.07) is 3.72. The van der Waals surface area contributed by atoms with Crippen molar-refractivity contribution in [3.63, 3.8) is 0 Å². The molecule has 0 spiro atoms. The standard InChI is InChI=1S/C17H24N2O3/c20-16(11-17(21)7-2-1-3-8-17)19-10-6-15(13-19)22-14-5-4-9-18-12-14/h4-5,9,12,15,21H,1-3,6-8,10-11,13H2. The van der Waals surface area contributed by atoms with Gasteiger partial charge in [0.15, 0.2) is 0 Å². The minimum absolute atomic E-state index is 0.0224. The number of aromatic nitrogens is 1. The van der Waals surface area contributed by atoms with Gasteiger partial charge in [0.2, 0.25) is 5.91 Å². The molecule has 2 fully saturated rings. The first kappa shape index (κ1) is 15.3. The molecule has 22 heavy (non-hydrogen) atoms. The van der Waals surface area contributed by atoms with Crippen LogP contribution in [0.5, 0.6) is 5.75 Å². The number of rotatable bonds is 4. The maximum absolute atomic E-state index is 12.4. The van der Waals surface area contributed by atoms with Crippen LogP contribution in [0.3, 0.4) is 0 Å². The van der Waals surface area contributed by atoms with E-state index >= 15 is 0 Å². The molecule has 5 heteroatoms. The molecule has 1 atom stereocenters. The lowest BCUT2D eigenvalue weighted by Gasteiger charge is -2.32. The first-order chi connectivity index (χ1) is 10.6. The van der Waals surface area contributed by atoms with Gasteiger partial charge in [-0.25, -0.2) is 0 Å². The smallest absolute Gasteiger partial charge is 0.225 e. The molecule has 0 bridgehead atoms. The van der Waals surface area contributed by atoms with Crippen molar-refractivity contribution in [3.05, 3.63) is 24.5 Å². The monoisotopic (exact) mass is 304 g/mol. The van der Waals surface area contributed by atoms with E-state index in [-0.39, 0.29) is 18.4 Å². The first-order valence-corrected chi connectivity index (χ1v) is 8.21. The van der Waals surface area contributed by atoms with Crippen LogP contribution in [0.4, 0.5) is 0 Å². The summed E-state index contributed by atoms with van der Waals surface area (Å²) in [5, 5.41) is 10.5. The molecule has 1 unspecified atom stereocenters. The Hall–Kier alpha value is -1.62. The van der Waals surface area contributed by atoms with Crippen LogP contribution in [0, 0.1) is 0 Å². The maximum Gasteiger partial charge on any atom is 0.225 e. The van der Waals surface area contributed by atoms with Crippen LogP contribution in [0.15, 0.2) is 24.5 Å². The molecule has 3 rings (SSSR count). The third kappa shape index (κ3) is 3.77. The molecular weight excluding hydrogens is 280 g/mol. The summed E-state index contributed by atoms with van der Waals surface area (Å²) >= 11 is 0. The molecule has 1 saturated heterocycles. The van der Waals surface area contributed by atoms with Gasteiger partial charge in [-0.1, -0.05) is 19.3 Å². The molecule has 1 aliphatic heterocycles. The Morgan fingerprint density at radius 1 is 1.41 bits per heavy atom. The maximum atomic E-state index is 12.4. The number of hydrogen-bond acceptors (Lipinski definition) is 4. The average Bonchev–Trinajstić information content (AvgIpc) is 2.97. The number of amides is 1. The van der Waals surface area contributed by atoms with Crippen molar-refractivity contribution in [1.29, 1.82) is 0 Å². The largest absolute Gasteiger partial charge is 0.487 e. The zero-order chi connectivity index (χ0) is 15.4. The highest BCUT2D eigenvalue weighted by Crippen LogP contribution is 2.32. The molecule has 120 valence electrons. The van der Waals surface area contributed by atoms with Gasteiger partial charge in [-0.3, -0.25) is 9.78 Å². The molecule has 1 aliphatic carbocycles. The zero-order valence-corrected chi connectivity index (χ0v) is 12.9. The summed E-state index contributed by atoms with van der Waals surface area (Å²) in [4.78, 5) is 18.3. The minimum atomic E-state index is -0.780. The molecule has 2 heterocycles. The number of carbonyl (C=O) groups is 1. The number of nitrogens with zero attached hydrogens (tertiary/aromatic N) is 2. The SMILES string of the molecule is O=C(CC1(O)CCCCC1)N1CCC(Oc2cccnc2)C1. The van der Waals surface area contributed by atoms with E-state index in [2.05, 4.69) is 4.98 Å². The lowest BCUT2D eigenvalue weighted by Crippen LogP contribution is -2.40. The van der Waals surface area contributed by atoms with E-state index in [9.17, 15) is 9.90 Å². The quantitative estimate of drug-likeness (QED) is 0.926. The van der Waals surface area contributed by atoms with Crippen molar-refractivity contribution in [2.24, 2.45) is 0 Å². The highest BCUT2D eigenvalue weighted by molar-refractivity contribution is 5.77. The van der Waals surface area contributed by atoms with Crippen molar-refractivity contribution in [3.8, 4) is 5.75 Å². The molecule has 1 amide bonds. The Balaban J connectivity index is 1.50. The number of pyridine rings is 1. The highest BCUT2D eigenvalue weighted by Gasteiger charge is 2.35. The van der Waals surface area contributed by atoms with Gasteiger partial charge < -0.3 is 14.7 Å². The molecule has 1 aromatic heterocycles. The van der Waals surface area contributed by atoms with Gasteiger partial charge in [0, 0.05) is 19.2 Å². The summed E-state index contributed by atoms with van der Waals surface area (Å²) < 4.78 is 5.85. The van der Waals surface area contributed by atoms with Crippen molar-refractivity contribution in [2.45, 2.75) is 56.7 Å². The van der Waals surface area contributed by atoms with Crippen LogP contribution in [0.1, 0.15) is 44.9 Å². The molecule has 5 nitrogen and oxygen atoms in total. The van der Waals surface area contributed by atoms with E-state index in [4.69, 9.17) is 4.74 Å². The minimum Gasteiger partial charge on any atom is -0.487 e. The van der Waals surface area contributed by atoms with Gasteiger partial charge >= 0.3 is 0 Å². The number of likely N-dealkylation sites (tertiary alicyclic amines) is 1. The Morgan fingerprint density at radius 3 is 2.95 bits per heavy atom. The van der Waals surface area contributed by atoms with Crippen LogP contribution >= 0.6 is 0 Å². The van der Waals surface area contributed by atoms with Gasteiger partial charge in [-0.05, 0) is 25.0 Å². The van der Waals surface area contributed by atoms with Crippen LogP contribution in [-0.4, -0.2) is 45.7 Å². The molecular formula is C17H24N2O3. The second-order valence-corrected chi connectivity index (χ2v) is 6.52. The van der Waals surface area contributed by atoms with E-state index in [0.717, 1.165) is 37.9 Å². The topological polar surface area (TPSA) is 62.7 Å². The third-order valence-corrected chi connectivity index (χ3v) is 4.70. The Morgan fingerprint density at radius 2 is 2.23 bits per heavy atom. The van der Waals surface area contributed by atoms with Crippen LogP contribution in [0.2, 0.25) is 0 Å². The van der Waals surface area contributed by atoms with E-state index in [1.807, 2.05) is 17.0 Å². The molecule has 1 saturated carbocycles. The lowest BCUT2D eigenvalue weighted by molar-refractivity contribution is -0.137. The van der Waals surface area contributed by atoms with Gasteiger partial charge in [0.1, 0.15) is 11.9 Å². The van der Waals surface area contributed by atoms with E-state index in [1.165, 1.54) is 6.42 Å². The number of hydrogen-bond donors (Lipinski definition) is 1. The molecule has 2 aliphatic rings. The van der Waals surface area contributed by atoms with E-state index in [0.29, 0.717) is 13.1 Å². The zero-order valence-electron chi connectivity index (χ0n) is 12.9. The molecule has 1 aromatic rings. The Labute approximate surface area is 131 Å². The van der Waals surface area contributed by atoms with Crippen molar-refractivity contribution >= 4 is 5.91 Å². The van der Waals surface area contributed by atoms with Crippen LogP contribution in [-0.2, 0) is 4.79 Å². The fraction of sp³-hybridized carbons (Fsp3) is 0.647. The highest BCUT2D eigenvalue weighted by atomic mass is 16.5. The third-order valence-electron chi connectivity index (χ3n) is 4.70. The van der Waals surface area contributed by atoms with Crippen molar-refractivity contribution in [2.75, 3.05) is 13.1 Å². The summed E-state index contributed by atoms with van der Waals surface area (Å²) in [5.74, 6) is 0.800.